The molecule has 3 rings (SSSR count). The molecule has 0 radical (unpaired) electrons. The molecule has 0 atom stereocenters. The maximum Gasteiger partial charge on any atom is 0.416 e. The molecule has 1 amide bonds. The molecule has 6 heteroatoms. The predicted molar refractivity (Wildman–Crippen MR) is 111 cm³/mol. The maximum atomic E-state index is 13.3. The highest BCUT2D eigenvalue weighted by atomic mass is 19.4. The number of nitrogens with zero attached hydrogens (tertiary/aromatic N) is 1. The summed E-state index contributed by atoms with van der Waals surface area (Å²) in [5, 5.41) is 4.73. The van der Waals surface area contributed by atoms with Crippen molar-refractivity contribution in [3.8, 4) is 0 Å². The zero-order valence-electron chi connectivity index (χ0n) is 16.8. The minimum atomic E-state index is -4.42. The molecule has 0 aliphatic heterocycles. The van der Waals surface area contributed by atoms with Crippen molar-refractivity contribution in [2.45, 2.75) is 26.9 Å². The van der Waals surface area contributed by atoms with E-state index in [9.17, 15) is 18.0 Å². The Kier molecular flexibility index (Phi) is 5.55. The number of fused-ring (bicyclic) bond motifs is 1. The second-order valence-electron chi connectivity index (χ2n) is 7.08. The minimum absolute atomic E-state index is 0.0893. The Morgan fingerprint density at radius 1 is 1.00 bits per heavy atom. The quantitative estimate of drug-likeness (QED) is 0.556. The van der Waals surface area contributed by atoms with Crippen molar-refractivity contribution >= 4 is 28.1 Å². The van der Waals surface area contributed by atoms with Crippen molar-refractivity contribution in [1.82, 2.24) is 4.90 Å². The van der Waals surface area contributed by atoms with Crippen LogP contribution in [0.3, 0.4) is 0 Å². The third-order valence-corrected chi connectivity index (χ3v) is 5.21. The van der Waals surface area contributed by atoms with Gasteiger partial charge >= 0.3 is 6.18 Å². The third-order valence-electron chi connectivity index (χ3n) is 5.21. The number of hydrogen-bond donors (Lipinski definition) is 1. The van der Waals surface area contributed by atoms with Gasteiger partial charge in [-0.05, 0) is 61.5 Å². The van der Waals surface area contributed by atoms with Gasteiger partial charge in [-0.15, -0.1) is 0 Å². The molecule has 0 heterocycles. The van der Waals surface area contributed by atoms with Gasteiger partial charge in [0.05, 0.1) is 5.56 Å². The summed E-state index contributed by atoms with van der Waals surface area (Å²) in [5.74, 6) is -0.0893. The van der Waals surface area contributed by atoms with Crippen LogP contribution in [0, 0.1) is 13.8 Å². The van der Waals surface area contributed by atoms with Gasteiger partial charge in [-0.1, -0.05) is 24.3 Å². The van der Waals surface area contributed by atoms with E-state index in [1.807, 2.05) is 32.0 Å². The molecule has 0 bridgehead atoms. The van der Waals surface area contributed by atoms with Crippen LogP contribution >= 0.6 is 0 Å². The van der Waals surface area contributed by atoms with Crippen LogP contribution in [0.1, 0.15) is 34.0 Å². The molecule has 29 heavy (non-hydrogen) atoms. The molecule has 0 saturated carbocycles. The molecular formula is C23H23F3N2O. The van der Waals surface area contributed by atoms with Crippen LogP contribution in [-0.4, -0.2) is 24.4 Å². The Bertz CT molecular complexity index is 1070. The summed E-state index contributed by atoms with van der Waals surface area (Å²) >= 11 is 0. The first-order valence-corrected chi connectivity index (χ1v) is 9.36. The molecule has 3 aromatic carbocycles. The predicted octanol–water partition coefficient (Wildman–Crippen LogP) is 6.31. The number of rotatable bonds is 4. The van der Waals surface area contributed by atoms with Gasteiger partial charge in [0.15, 0.2) is 0 Å². The van der Waals surface area contributed by atoms with Gasteiger partial charge in [-0.25, -0.2) is 0 Å². The van der Waals surface area contributed by atoms with Crippen molar-refractivity contribution in [2.24, 2.45) is 0 Å². The number of aryl methyl sites for hydroxylation is 1. The van der Waals surface area contributed by atoms with Gasteiger partial charge in [0.25, 0.3) is 5.91 Å². The van der Waals surface area contributed by atoms with Gasteiger partial charge in [0.2, 0.25) is 0 Å². The van der Waals surface area contributed by atoms with E-state index < -0.39 is 11.7 Å². The molecule has 0 unspecified atom stereocenters. The number of hydrogen-bond acceptors (Lipinski definition) is 2. The smallest absolute Gasteiger partial charge is 0.355 e. The zero-order valence-corrected chi connectivity index (χ0v) is 16.8. The lowest BCUT2D eigenvalue weighted by atomic mass is 9.97. The van der Waals surface area contributed by atoms with Crippen molar-refractivity contribution < 1.29 is 18.0 Å². The van der Waals surface area contributed by atoms with Crippen LogP contribution in [0.25, 0.3) is 10.8 Å². The number of carbonyl (C=O) groups excluding carboxylic acids is 1. The van der Waals surface area contributed by atoms with Crippen LogP contribution in [0.2, 0.25) is 0 Å². The molecule has 0 aromatic heterocycles. The Labute approximate surface area is 168 Å². The Balaban J connectivity index is 2.14. The van der Waals surface area contributed by atoms with Gasteiger partial charge < -0.3 is 10.2 Å². The van der Waals surface area contributed by atoms with Gasteiger partial charge in [0, 0.05) is 35.9 Å². The fourth-order valence-electron chi connectivity index (χ4n) is 3.45. The number of nitrogens with one attached hydrogen (secondary N) is 1. The summed E-state index contributed by atoms with van der Waals surface area (Å²) in [4.78, 5) is 14.4. The standard InChI is InChI=1S/C23H23F3N2O/c1-5-28(4)22(29)17-12-13-20(16-9-6-8-14(2)21(16)17)27-19-11-7-10-18(15(19)3)23(24,25)26/h6-13,27H,5H2,1-4H3. The SMILES string of the molecule is CCN(C)C(=O)c1ccc(Nc2cccc(C(F)(F)F)c2C)c2cccc(C)c12. The normalized spacial score (nSPS) is 11.6. The fourth-order valence-corrected chi connectivity index (χ4v) is 3.45. The molecule has 0 spiro atoms. The average Bonchev–Trinajstić information content (AvgIpc) is 2.68. The van der Waals surface area contributed by atoms with E-state index in [1.54, 1.807) is 30.1 Å². The summed E-state index contributed by atoms with van der Waals surface area (Å²) in [5.41, 5.74) is 2.01. The first kappa shape index (κ1) is 20.7. The second kappa shape index (κ2) is 7.78. The first-order chi connectivity index (χ1) is 13.6. The summed E-state index contributed by atoms with van der Waals surface area (Å²) < 4.78 is 39.8. The summed E-state index contributed by atoms with van der Waals surface area (Å²) in [6.45, 7) is 5.85. The molecular weight excluding hydrogens is 377 g/mol. The Morgan fingerprint density at radius 3 is 2.34 bits per heavy atom. The van der Waals surface area contributed by atoms with E-state index >= 15 is 0 Å². The summed E-state index contributed by atoms with van der Waals surface area (Å²) in [6, 6.07) is 13.2. The van der Waals surface area contributed by atoms with Gasteiger partial charge in [0.1, 0.15) is 0 Å². The first-order valence-electron chi connectivity index (χ1n) is 9.36. The summed E-state index contributed by atoms with van der Waals surface area (Å²) in [6.07, 6.45) is -4.42. The van der Waals surface area contributed by atoms with Crippen molar-refractivity contribution in [1.29, 1.82) is 0 Å². The Hall–Kier alpha value is -3.02. The third kappa shape index (κ3) is 3.92. The van der Waals surface area contributed by atoms with Crippen LogP contribution in [0.5, 0.6) is 0 Å². The van der Waals surface area contributed by atoms with E-state index in [1.165, 1.54) is 13.0 Å². The van der Waals surface area contributed by atoms with Crippen LogP contribution in [-0.2, 0) is 6.18 Å². The van der Waals surface area contributed by atoms with E-state index in [0.29, 0.717) is 23.5 Å². The average molecular weight is 400 g/mol. The lowest BCUT2D eigenvalue weighted by Crippen LogP contribution is -2.26. The Morgan fingerprint density at radius 2 is 1.69 bits per heavy atom. The highest BCUT2D eigenvalue weighted by Crippen LogP contribution is 2.37. The maximum absolute atomic E-state index is 13.3. The minimum Gasteiger partial charge on any atom is -0.355 e. The molecule has 3 aromatic rings. The van der Waals surface area contributed by atoms with Gasteiger partial charge in [-0.2, -0.15) is 13.2 Å². The number of benzene rings is 3. The number of amides is 1. The van der Waals surface area contributed by atoms with Crippen molar-refractivity contribution in [3.63, 3.8) is 0 Å². The molecule has 0 aliphatic rings. The van der Waals surface area contributed by atoms with Crippen LogP contribution in [0.15, 0.2) is 48.5 Å². The molecule has 0 saturated heterocycles. The summed E-state index contributed by atoms with van der Waals surface area (Å²) in [7, 11) is 1.74. The number of alkyl halides is 3. The van der Waals surface area contributed by atoms with Crippen molar-refractivity contribution in [2.75, 3.05) is 18.9 Å². The second-order valence-corrected chi connectivity index (χ2v) is 7.08. The van der Waals surface area contributed by atoms with Gasteiger partial charge in [-0.3, -0.25) is 4.79 Å². The van der Waals surface area contributed by atoms with E-state index in [0.717, 1.165) is 22.4 Å². The lowest BCUT2D eigenvalue weighted by molar-refractivity contribution is -0.138. The topological polar surface area (TPSA) is 32.3 Å². The van der Waals surface area contributed by atoms with Crippen LogP contribution < -0.4 is 5.32 Å². The molecule has 0 aliphatic carbocycles. The highest BCUT2D eigenvalue weighted by Gasteiger charge is 2.33. The van der Waals surface area contributed by atoms with E-state index in [2.05, 4.69) is 5.32 Å². The fraction of sp³-hybridized carbons (Fsp3) is 0.261. The molecule has 3 nitrogen and oxygen atoms in total. The largest absolute Gasteiger partial charge is 0.416 e. The molecule has 152 valence electrons. The number of halogens is 3. The van der Waals surface area contributed by atoms with E-state index in [4.69, 9.17) is 0 Å². The zero-order chi connectivity index (χ0) is 21.3. The van der Waals surface area contributed by atoms with E-state index in [-0.39, 0.29) is 11.5 Å². The number of anilines is 2. The van der Waals surface area contributed by atoms with Crippen LogP contribution in [0.4, 0.5) is 24.5 Å². The number of carbonyl (C=O) groups is 1. The molecule has 0 fully saturated rings. The van der Waals surface area contributed by atoms with Crippen molar-refractivity contribution in [3.05, 3.63) is 70.8 Å². The lowest BCUT2D eigenvalue weighted by Gasteiger charge is -2.20. The highest BCUT2D eigenvalue weighted by molar-refractivity contribution is 6.11. The monoisotopic (exact) mass is 400 g/mol. The molecule has 1 N–H and O–H groups in total.